The van der Waals surface area contributed by atoms with Crippen LogP contribution in [0.5, 0.6) is 5.75 Å². The third-order valence-electron chi connectivity index (χ3n) is 4.05. The van der Waals surface area contributed by atoms with Crippen LogP contribution in [0.15, 0.2) is 64.0 Å². The van der Waals surface area contributed by atoms with Gasteiger partial charge in [-0.15, -0.1) is 0 Å². The van der Waals surface area contributed by atoms with Crippen molar-refractivity contribution in [3.05, 3.63) is 65.9 Å². The van der Waals surface area contributed by atoms with Crippen LogP contribution in [0, 0.1) is 6.92 Å². The highest BCUT2D eigenvalue weighted by atomic mass is 32.2. The standard InChI is InChI=1S/C19H20N2O4S/c1-14-8-10-16(11-9-14)26(22,23)21(2)13-15-12-18(20-25-15)17-6-4-5-7-19(17)24-3/h4-12H,13H2,1-3H3. The quantitative estimate of drug-likeness (QED) is 0.662. The predicted molar refractivity (Wildman–Crippen MR) is 98.3 cm³/mol. The number of aryl methyl sites for hydroxylation is 1. The zero-order valence-electron chi connectivity index (χ0n) is 14.8. The van der Waals surface area contributed by atoms with Crippen LogP contribution < -0.4 is 4.74 Å². The maximum atomic E-state index is 12.7. The van der Waals surface area contributed by atoms with Gasteiger partial charge >= 0.3 is 0 Å². The molecule has 3 aromatic rings. The molecule has 0 saturated heterocycles. The van der Waals surface area contributed by atoms with E-state index < -0.39 is 10.0 Å². The van der Waals surface area contributed by atoms with E-state index in [1.165, 1.54) is 11.4 Å². The number of hydrogen-bond donors (Lipinski definition) is 0. The number of aromatic nitrogens is 1. The number of methoxy groups -OCH3 is 1. The Bertz CT molecular complexity index is 994. The minimum Gasteiger partial charge on any atom is -0.496 e. The Labute approximate surface area is 153 Å². The normalized spacial score (nSPS) is 11.7. The Morgan fingerprint density at radius 3 is 2.50 bits per heavy atom. The van der Waals surface area contributed by atoms with Gasteiger partial charge in [-0.25, -0.2) is 8.42 Å². The minimum absolute atomic E-state index is 0.0817. The molecule has 2 aromatic carbocycles. The van der Waals surface area contributed by atoms with Crippen LogP contribution in [-0.4, -0.2) is 32.0 Å². The Kier molecular flexibility index (Phi) is 5.11. The van der Waals surface area contributed by atoms with E-state index in [0.29, 0.717) is 17.2 Å². The van der Waals surface area contributed by atoms with Crippen molar-refractivity contribution in [3.8, 4) is 17.0 Å². The number of ether oxygens (including phenoxy) is 1. The van der Waals surface area contributed by atoms with E-state index in [-0.39, 0.29) is 11.4 Å². The van der Waals surface area contributed by atoms with Crippen molar-refractivity contribution in [2.45, 2.75) is 18.4 Å². The summed E-state index contributed by atoms with van der Waals surface area (Å²) in [5, 5.41) is 4.04. The summed E-state index contributed by atoms with van der Waals surface area (Å²) in [5.74, 6) is 1.12. The van der Waals surface area contributed by atoms with Gasteiger partial charge in [-0.3, -0.25) is 0 Å². The lowest BCUT2D eigenvalue weighted by atomic mass is 10.1. The molecule has 7 heteroatoms. The van der Waals surface area contributed by atoms with Crippen molar-refractivity contribution in [3.63, 3.8) is 0 Å². The number of nitrogens with zero attached hydrogens (tertiary/aromatic N) is 2. The summed E-state index contributed by atoms with van der Waals surface area (Å²) in [6.45, 7) is 1.99. The molecule has 0 saturated carbocycles. The molecule has 0 atom stereocenters. The Morgan fingerprint density at radius 1 is 1.12 bits per heavy atom. The molecule has 0 bridgehead atoms. The maximum absolute atomic E-state index is 12.7. The number of rotatable bonds is 6. The molecule has 0 aliphatic rings. The average Bonchev–Trinajstić information content (AvgIpc) is 3.10. The summed E-state index contributed by atoms with van der Waals surface area (Å²) in [7, 11) is -0.502. The van der Waals surface area contributed by atoms with Crippen molar-refractivity contribution in [1.29, 1.82) is 0 Å². The second kappa shape index (κ2) is 7.31. The van der Waals surface area contributed by atoms with E-state index in [1.807, 2.05) is 31.2 Å². The third-order valence-corrected chi connectivity index (χ3v) is 5.87. The number of para-hydroxylation sites is 1. The van der Waals surface area contributed by atoms with Gasteiger partial charge in [0.15, 0.2) is 5.76 Å². The van der Waals surface area contributed by atoms with Gasteiger partial charge in [0.05, 0.1) is 18.6 Å². The summed E-state index contributed by atoms with van der Waals surface area (Å²) in [4.78, 5) is 0.245. The van der Waals surface area contributed by atoms with Gasteiger partial charge in [0, 0.05) is 18.7 Å². The first-order chi connectivity index (χ1) is 12.4. The molecule has 0 aliphatic heterocycles. The monoisotopic (exact) mass is 372 g/mol. The number of benzene rings is 2. The first-order valence-electron chi connectivity index (χ1n) is 8.04. The minimum atomic E-state index is -3.60. The van der Waals surface area contributed by atoms with Crippen molar-refractivity contribution in [1.82, 2.24) is 9.46 Å². The Morgan fingerprint density at radius 2 is 1.81 bits per heavy atom. The Balaban J connectivity index is 1.81. The largest absolute Gasteiger partial charge is 0.496 e. The summed E-state index contributed by atoms with van der Waals surface area (Å²) < 4.78 is 37.2. The van der Waals surface area contributed by atoms with Gasteiger partial charge in [0.25, 0.3) is 0 Å². The molecule has 1 heterocycles. The fourth-order valence-corrected chi connectivity index (χ4v) is 3.70. The molecule has 6 nitrogen and oxygen atoms in total. The summed E-state index contributed by atoms with van der Waals surface area (Å²) >= 11 is 0. The van der Waals surface area contributed by atoms with Crippen LogP contribution in [0.25, 0.3) is 11.3 Å². The maximum Gasteiger partial charge on any atom is 0.243 e. The number of sulfonamides is 1. The Hall–Kier alpha value is -2.64. The fraction of sp³-hybridized carbons (Fsp3) is 0.211. The first-order valence-corrected chi connectivity index (χ1v) is 9.48. The van der Waals surface area contributed by atoms with Gasteiger partial charge in [-0.2, -0.15) is 4.31 Å². The average molecular weight is 372 g/mol. The lowest BCUT2D eigenvalue weighted by molar-refractivity contribution is 0.344. The molecule has 0 fully saturated rings. The van der Waals surface area contributed by atoms with Crippen LogP contribution in [0.2, 0.25) is 0 Å². The SMILES string of the molecule is COc1ccccc1-c1cc(CN(C)S(=O)(=O)c2ccc(C)cc2)on1. The van der Waals surface area contributed by atoms with E-state index in [1.54, 1.807) is 37.4 Å². The van der Waals surface area contributed by atoms with Crippen LogP contribution in [0.4, 0.5) is 0 Å². The van der Waals surface area contributed by atoms with E-state index in [2.05, 4.69) is 5.16 Å². The van der Waals surface area contributed by atoms with Crippen LogP contribution in [-0.2, 0) is 16.6 Å². The third kappa shape index (κ3) is 3.63. The molecule has 0 N–H and O–H groups in total. The summed E-state index contributed by atoms with van der Waals surface area (Å²) in [6.07, 6.45) is 0. The summed E-state index contributed by atoms with van der Waals surface area (Å²) in [5.41, 5.74) is 2.39. The van der Waals surface area contributed by atoms with Gasteiger partial charge in [-0.05, 0) is 31.2 Å². The second-order valence-corrected chi connectivity index (χ2v) is 8.00. The van der Waals surface area contributed by atoms with E-state index in [4.69, 9.17) is 9.26 Å². The molecule has 0 amide bonds. The molecule has 0 aliphatic carbocycles. The smallest absolute Gasteiger partial charge is 0.243 e. The zero-order chi connectivity index (χ0) is 18.7. The lowest BCUT2D eigenvalue weighted by Gasteiger charge is -2.15. The molecule has 3 rings (SSSR count). The topological polar surface area (TPSA) is 72.6 Å². The molecule has 26 heavy (non-hydrogen) atoms. The molecule has 0 radical (unpaired) electrons. The van der Waals surface area contributed by atoms with Gasteiger partial charge in [0.1, 0.15) is 11.4 Å². The highest BCUT2D eigenvalue weighted by Crippen LogP contribution is 2.29. The van der Waals surface area contributed by atoms with E-state index in [9.17, 15) is 8.42 Å². The molecule has 1 aromatic heterocycles. The first kappa shape index (κ1) is 18.2. The molecule has 136 valence electrons. The van der Waals surface area contributed by atoms with Gasteiger partial charge in [-0.1, -0.05) is 35.0 Å². The van der Waals surface area contributed by atoms with Crippen LogP contribution in [0.1, 0.15) is 11.3 Å². The summed E-state index contributed by atoms with van der Waals surface area (Å²) in [6, 6.07) is 15.9. The molecular formula is C19H20N2O4S. The van der Waals surface area contributed by atoms with Crippen molar-refractivity contribution >= 4 is 10.0 Å². The molecular weight excluding hydrogens is 352 g/mol. The highest BCUT2D eigenvalue weighted by molar-refractivity contribution is 7.89. The highest BCUT2D eigenvalue weighted by Gasteiger charge is 2.22. The van der Waals surface area contributed by atoms with E-state index in [0.717, 1.165) is 11.1 Å². The second-order valence-electron chi connectivity index (χ2n) is 5.95. The number of hydrogen-bond acceptors (Lipinski definition) is 5. The van der Waals surface area contributed by atoms with Gasteiger partial charge < -0.3 is 9.26 Å². The van der Waals surface area contributed by atoms with Crippen molar-refractivity contribution in [2.24, 2.45) is 0 Å². The van der Waals surface area contributed by atoms with Crippen LogP contribution >= 0.6 is 0 Å². The molecule has 0 spiro atoms. The van der Waals surface area contributed by atoms with E-state index >= 15 is 0 Å². The lowest BCUT2D eigenvalue weighted by Crippen LogP contribution is -2.26. The van der Waals surface area contributed by atoms with Crippen molar-refractivity contribution in [2.75, 3.05) is 14.2 Å². The zero-order valence-corrected chi connectivity index (χ0v) is 15.7. The fourth-order valence-electron chi connectivity index (χ4n) is 2.57. The van der Waals surface area contributed by atoms with Crippen LogP contribution in [0.3, 0.4) is 0 Å². The molecule has 0 unspecified atom stereocenters. The predicted octanol–water partition coefficient (Wildman–Crippen LogP) is 3.48. The van der Waals surface area contributed by atoms with Crippen molar-refractivity contribution < 1.29 is 17.7 Å². The van der Waals surface area contributed by atoms with Gasteiger partial charge in [0.2, 0.25) is 10.0 Å².